The zero-order valence-electron chi connectivity index (χ0n) is 10.8. The number of rotatable bonds is 2. The number of ketones is 1. The fraction of sp³-hybridized carbons (Fsp3) is 0.333. The van der Waals surface area contributed by atoms with Crippen LogP contribution in [0.25, 0.3) is 10.9 Å². The van der Waals surface area contributed by atoms with Gasteiger partial charge in [0, 0.05) is 18.5 Å². The smallest absolute Gasteiger partial charge is 0.163 e. The van der Waals surface area contributed by atoms with Crippen LogP contribution in [0.1, 0.15) is 23.7 Å². The van der Waals surface area contributed by atoms with Crippen LogP contribution in [0.4, 0.5) is 5.82 Å². The summed E-state index contributed by atoms with van der Waals surface area (Å²) in [5.74, 6) is 0.706. The van der Waals surface area contributed by atoms with E-state index < -0.39 is 0 Å². The molecule has 1 saturated heterocycles. The number of pyridine rings is 1. The number of carbonyl (C=O) groups is 1. The molecule has 1 N–H and O–H groups in total. The topological polar surface area (TPSA) is 53.4 Å². The van der Waals surface area contributed by atoms with Crippen molar-refractivity contribution in [2.45, 2.75) is 19.4 Å². The molecule has 1 fully saturated rings. The number of nitrogens with zero attached hydrogens (tertiary/aromatic N) is 2. The molecule has 4 heteroatoms. The van der Waals surface area contributed by atoms with Gasteiger partial charge in [0.15, 0.2) is 5.78 Å². The van der Waals surface area contributed by atoms with E-state index in [2.05, 4.69) is 4.98 Å². The van der Waals surface area contributed by atoms with Gasteiger partial charge in [-0.15, -0.1) is 0 Å². The molecule has 1 aromatic heterocycles. The zero-order chi connectivity index (χ0) is 13.4. The first-order valence-corrected chi connectivity index (χ1v) is 6.49. The Kier molecular flexibility index (Phi) is 2.95. The molecule has 0 spiro atoms. The highest BCUT2D eigenvalue weighted by molar-refractivity contribution is 6.02. The van der Waals surface area contributed by atoms with Gasteiger partial charge in [0.25, 0.3) is 0 Å². The standard InChI is InChI=1S/C15H16N2O2/c1-10(18)13-8-11-4-2-3-5-14(11)16-15(13)17-7-6-12(19)9-17/h2-5,8,12,19H,6-7,9H2,1H3/t12-/m0/s1. The van der Waals surface area contributed by atoms with E-state index in [1.165, 1.54) is 0 Å². The average Bonchev–Trinajstić information content (AvgIpc) is 2.83. The van der Waals surface area contributed by atoms with Gasteiger partial charge in [-0.1, -0.05) is 18.2 Å². The lowest BCUT2D eigenvalue weighted by molar-refractivity contribution is 0.101. The predicted molar refractivity (Wildman–Crippen MR) is 74.6 cm³/mol. The maximum atomic E-state index is 11.8. The van der Waals surface area contributed by atoms with Gasteiger partial charge in [-0.2, -0.15) is 0 Å². The van der Waals surface area contributed by atoms with Crippen LogP contribution in [-0.2, 0) is 0 Å². The largest absolute Gasteiger partial charge is 0.391 e. The van der Waals surface area contributed by atoms with Gasteiger partial charge in [-0.3, -0.25) is 4.79 Å². The summed E-state index contributed by atoms with van der Waals surface area (Å²) in [4.78, 5) is 18.4. The minimum absolute atomic E-state index is 0.00893. The number of anilines is 1. The first-order chi connectivity index (χ1) is 9.15. The second-order valence-corrected chi connectivity index (χ2v) is 5.00. The third-order valence-corrected chi connectivity index (χ3v) is 3.55. The number of aliphatic hydroxyl groups excluding tert-OH is 1. The van der Waals surface area contributed by atoms with Crippen molar-refractivity contribution in [1.82, 2.24) is 4.98 Å². The third kappa shape index (κ3) is 2.19. The van der Waals surface area contributed by atoms with Crippen LogP contribution < -0.4 is 4.90 Å². The van der Waals surface area contributed by atoms with E-state index in [1.54, 1.807) is 6.92 Å². The number of Topliss-reactive ketones (excluding diaryl/α,β-unsaturated/α-hetero) is 1. The number of β-amino-alcohol motifs (C(OH)–C–C–N with tert-alkyl or cyclic N) is 1. The first kappa shape index (κ1) is 12.1. The van der Waals surface area contributed by atoms with E-state index in [0.717, 1.165) is 23.9 Å². The summed E-state index contributed by atoms with van der Waals surface area (Å²) >= 11 is 0. The van der Waals surface area contributed by atoms with Crippen molar-refractivity contribution in [2.75, 3.05) is 18.0 Å². The summed E-state index contributed by atoms with van der Waals surface area (Å²) in [5, 5.41) is 10.6. The summed E-state index contributed by atoms with van der Waals surface area (Å²) in [6.07, 6.45) is 0.402. The zero-order valence-corrected chi connectivity index (χ0v) is 10.8. The summed E-state index contributed by atoms with van der Waals surface area (Å²) in [7, 11) is 0. The third-order valence-electron chi connectivity index (χ3n) is 3.55. The Morgan fingerprint density at radius 1 is 1.42 bits per heavy atom. The van der Waals surface area contributed by atoms with Crippen molar-refractivity contribution in [3.8, 4) is 0 Å². The Morgan fingerprint density at radius 2 is 2.21 bits per heavy atom. The lowest BCUT2D eigenvalue weighted by Crippen LogP contribution is -2.24. The van der Waals surface area contributed by atoms with E-state index >= 15 is 0 Å². The molecule has 1 aliphatic rings. The number of aromatic nitrogens is 1. The van der Waals surface area contributed by atoms with Gasteiger partial charge < -0.3 is 10.0 Å². The van der Waals surface area contributed by atoms with Crippen LogP contribution >= 0.6 is 0 Å². The molecule has 1 aliphatic heterocycles. The minimum atomic E-state index is -0.326. The number of fused-ring (bicyclic) bond motifs is 1. The quantitative estimate of drug-likeness (QED) is 0.835. The molecule has 0 aliphatic carbocycles. The van der Waals surface area contributed by atoms with E-state index in [-0.39, 0.29) is 11.9 Å². The van der Waals surface area contributed by atoms with Crippen LogP contribution in [0.2, 0.25) is 0 Å². The monoisotopic (exact) mass is 256 g/mol. The molecule has 0 unspecified atom stereocenters. The summed E-state index contributed by atoms with van der Waals surface area (Å²) in [6.45, 7) is 2.85. The Balaban J connectivity index is 2.15. The van der Waals surface area contributed by atoms with Gasteiger partial charge >= 0.3 is 0 Å². The SMILES string of the molecule is CC(=O)c1cc2ccccc2nc1N1CC[C@H](O)C1. The molecular weight excluding hydrogens is 240 g/mol. The highest BCUT2D eigenvalue weighted by Crippen LogP contribution is 2.26. The molecule has 3 rings (SSSR count). The molecule has 19 heavy (non-hydrogen) atoms. The maximum absolute atomic E-state index is 11.8. The summed E-state index contributed by atoms with van der Waals surface area (Å²) in [5.41, 5.74) is 1.51. The van der Waals surface area contributed by atoms with Crippen molar-refractivity contribution in [3.05, 3.63) is 35.9 Å². The fourth-order valence-electron chi connectivity index (χ4n) is 2.54. The van der Waals surface area contributed by atoms with E-state index in [1.807, 2.05) is 35.2 Å². The van der Waals surface area contributed by atoms with E-state index in [4.69, 9.17) is 0 Å². The lowest BCUT2D eigenvalue weighted by Gasteiger charge is -2.20. The number of carbonyl (C=O) groups excluding carboxylic acids is 1. The number of hydrogen-bond acceptors (Lipinski definition) is 4. The molecule has 2 heterocycles. The van der Waals surface area contributed by atoms with Crippen LogP contribution in [-0.4, -0.2) is 35.1 Å². The van der Waals surface area contributed by atoms with Gasteiger partial charge in [-0.25, -0.2) is 4.98 Å². The second kappa shape index (κ2) is 4.63. The molecule has 0 bridgehead atoms. The molecule has 1 aromatic carbocycles. The van der Waals surface area contributed by atoms with Crippen LogP contribution in [0.15, 0.2) is 30.3 Å². The summed E-state index contributed by atoms with van der Waals surface area (Å²) < 4.78 is 0. The molecule has 1 atom stereocenters. The van der Waals surface area contributed by atoms with Gasteiger partial charge in [0.2, 0.25) is 0 Å². The highest BCUT2D eigenvalue weighted by Gasteiger charge is 2.25. The number of para-hydroxylation sites is 1. The number of hydrogen-bond donors (Lipinski definition) is 1. The van der Waals surface area contributed by atoms with Crippen molar-refractivity contribution in [1.29, 1.82) is 0 Å². The number of aliphatic hydroxyl groups is 1. The second-order valence-electron chi connectivity index (χ2n) is 5.00. The highest BCUT2D eigenvalue weighted by atomic mass is 16.3. The normalized spacial score (nSPS) is 19.1. The molecule has 4 nitrogen and oxygen atoms in total. The Morgan fingerprint density at radius 3 is 2.89 bits per heavy atom. The van der Waals surface area contributed by atoms with E-state index in [0.29, 0.717) is 17.9 Å². The van der Waals surface area contributed by atoms with Gasteiger partial charge in [0.05, 0.1) is 17.2 Å². The van der Waals surface area contributed by atoms with Gasteiger partial charge in [-0.05, 0) is 25.5 Å². The van der Waals surface area contributed by atoms with Crippen LogP contribution in [0.5, 0.6) is 0 Å². The summed E-state index contributed by atoms with van der Waals surface area (Å²) in [6, 6.07) is 9.66. The maximum Gasteiger partial charge on any atom is 0.163 e. The van der Waals surface area contributed by atoms with Crippen molar-refractivity contribution in [3.63, 3.8) is 0 Å². The van der Waals surface area contributed by atoms with Gasteiger partial charge in [0.1, 0.15) is 5.82 Å². The van der Waals surface area contributed by atoms with Crippen molar-refractivity contribution >= 4 is 22.5 Å². The number of benzene rings is 1. The Bertz CT molecular complexity index is 639. The lowest BCUT2D eigenvalue weighted by atomic mass is 10.1. The Hall–Kier alpha value is -1.94. The molecule has 98 valence electrons. The predicted octanol–water partition coefficient (Wildman–Crippen LogP) is 2.01. The first-order valence-electron chi connectivity index (χ1n) is 6.49. The molecule has 2 aromatic rings. The Labute approximate surface area is 111 Å². The minimum Gasteiger partial charge on any atom is -0.391 e. The van der Waals surface area contributed by atoms with Crippen LogP contribution in [0.3, 0.4) is 0 Å². The van der Waals surface area contributed by atoms with Crippen molar-refractivity contribution < 1.29 is 9.90 Å². The van der Waals surface area contributed by atoms with Crippen molar-refractivity contribution in [2.24, 2.45) is 0 Å². The molecular formula is C15H16N2O2. The average molecular weight is 256 g/mol. The van der Waals surface area contributed by atoms with E-state index in [9.17, 15) is 9.90 Å². The van der Waals surface area contributed by atoms with Crippen LogP contribution in [0, 0.1) is 0 Å². The molecule has 0 radical (unpaired) electrons. The molecule has 0 amide bonds. The molecule has 0 saturated carbocycles. The fourth-order valence-corrected chi connectivity index (χ4v) is 2.54.